The fourth-order valence-electron chi connectivity index (χ4n) is 10.2. The minimum Gasteiger partial charge on any atom is -0.462 e. The highest BCUT2D eigenvalue weighted by atomic mass is 16.7. The molecule has 5 N–H and O–H groups in total. The highest BCUT2D eigenvalue weighted by molar-refractivity contribution is 5.85. The number of fused-ring (bicyclic) bond motifs is 5. The molecule has 6 rings (SSSR count). The number of carbonyl (C=O) groups is 2. The van der Waals surface area contributed by atoms with E-state index in [0.717, 1.165) is 44.1 Å². The summed E-state index contributed by atoms with van der Waals surface area (Å²) in [5, 5.41) is 53.0. The molecule has 6 aliphatic rings. The van der Waals surface area contributed by atoms with Gasteiger partial charge in [-0.25, -0.2) is 4.79 Å². The van der Waals surface area contributed by atoms with Crippen LogP contribution in [-0.4, -0.2) is 99.2 Å². The van der Waals surface area contributed by atoms with E-state index in [1.807, 2.05) is 0 Å². The van der Waals surface area contributed by atoms with E-state index in [2.05, 4.69) is 13.8 Å². The molecule has 3 unspecified atom stereocenters. The quantitative estimate of drug-likeness (QED) is 0.227. The second-order valence-corrected chi connectivity index (χ2v) is 14.3. The Morgan fingerprint density at radius 3 is 2.48 bits per heavy atom. The molecular formula is C31H46O11. The maximum Gasteiger partial charge on any atom is 0.331 e. The fraction of sp³-hybridized carbons (Fsp3) is 0.871. The zero-order chi connectivity index (χ0) is 30.2. The van der Waals surface area contributed by atoms with Gasteiger partial charge in [-0.05, 0) is 73.7 Å². The molecule has 42 heavy (non-hydrogen) atoms. The zero-order valence-electron chi connectivity index (χ0n) is 24.7. The molecule has 2 heterocycles. The van der Waals surface area contributed by atoms with E-state index in [-0.39, 0.29) is 35.9 Å². The summed E-state index contributed by atoms with van der Waals surface area (Å²) in [5.74, 6) is -0.481. The lowest BCUT2D eigenvalue weighted by molar-refractivity contribution is -0.317. The van der Waals surface area contributed by atoms with Gasteiger partial charge in [-0.3, -0.25) is 4.79 Å². The Balaban J connectivity index is 1.20. The van der Waals surface area contributed by atoms with E-state index in [9.17, 15) is 35.1 Å². The van der Waals surface area contributed by atoms with Crippen LogP contribution in [0.3, 0.4) is 0 Å². The molecule has 11 nitrogen and oxygen atoms in total. The van der Waals surface area contributed by atoms with Crippen LogP contribution in [-0.2, 0) is 28.5 Å². The third-order valence-electron chi connectivity index (χ3n) is 12.4. The third kappa shape index (κ3) is 4.57. The Bertz CT molecular complexity index is 1110. The van der Waals surface area contributed by atoms with Crippen LogP contribution in [0, 0.1) is 34.5 Å². The lowest BCUT2D eigenvalue weighted by Gasteiger charge is -2.63. The van der Waals surface area contributed by atoms with Crippen molar-refractivity contribution in [3.8, 4) is 0 Å². The van der Waals surface area contributed by atoms with Crippen LogP contribution >= 0.6 is 0 Å². The molecule has 0 spiro atoms. The molecule has 14 atom stereocenters. The van der Waals surface area contributed by atoms with Crippen molar-refractivity contribution in [2.75, 3.05) is 13.2 Å². The molecule has 4 aliphatic carbocycles. The summed E-state index contributed by atoms with van der Waals surface area (Å²) in [6.07, 6.45) is 0.323. The topological polar surface area (TPSA) is 172 Å². The van der Waals surface area contributed by atoms with Gasteiger partial charge in [0.25, 0.3) is 0 Å². The van der Waals surface area contributed by atoms with Crippen LogP contribution in [0.15, 0.2) is 11.6 Å². The SMILES string of the molecule is CC(=O)OC1C[C@]2(O)[C@@H]3CCC4CC(O[C@@H]5O[C@H](CO)[C@@H](O)[C@H](O)[C@H]5O)CC[C@]4(C)[C@H]3CC[C@]2(C)[C@H]1C1=CC(=O)OC1. The summed E-state index contributed by atoms with van der Waals surface area (Å²) in [4.78, 5) is 24.1. The smallest absolute Gasteiger partial charge is 0.331 e. The fourth-order valence-corrected chi connectivity index (χ4v) is 10.2. The maximum absolute atomic E-state index is 12.7. The van der Waals surface area contributed by atoms with Gasteiger partial charge < -0.3 is 44.5 Å². The number of aliphatic hydroxyl groups is 5. The van der Waals surface area contributed by atoms with Gasteiger partial charge in [0.15, 0.2) is 6.29 Å². The summed E-state index contributed by atoms with van der Waals surface area (Å²) in [6.45, 7) is 5.47. The number of cyclic esters (lactones) is 1. The molecule has 2 aliphatic heterocycles. The van der Waals surface area contributed by atoms with Gasteiger partial charge in [0.2, 0.25) is 0 Å². The van der Waals surface area contributed by atoms with Gasteiger partial charge >= 0.3 is 11.9 Å². The molecule has 0 bridgehead atoms. The van der Waals surface area contributed by atoms with Crippen molar-refractivity contribution in [3.63, 3.8) is 0 Å². The van der Waals surface area contributed by atoms with Crippen molar-refractivity contribution < 1.29 is 54.1 Å². The number of hydrogen-bond acceptors (Lipinski definition) is 11. The Labute approximate surface area is 246 Å². The van der Waals surface area contributed by atoms with Gasteiger partial charge in [0, 0.05) is 30.8 Å². The molecule has 0 radical (unpaired) electrons. The largest absolute Gasteiger partial charge is 0.462 e. The minimum absolute atomic E-state index is 0.0158. The average Bonchev–Trinajstić information content (AvgIpc) is 3.45. The van der Waals surface area contributed by atoms with Crippen LogP contribution in [0.5, 0.6) is 0 Å². The highest BCUT2D eigenvalue weighted by Gasteiger charge is 2.71. The van der Waals surface area contributed by atoms with Crippen LogP contribution in [0.2, 0.25) is 0 Å². The zero-order valence-corrected chi connectivity index (χ0v) is 24.7. The summed E-state index contributed by atoms with van der Waals surface area (Å²) >= 11 is 0. The monoisotopic (exact) mass is 594 g/mol. The number of carbonyl (C=O) groups excluding carboxylic acids is 2. The van der Waals surface area contributed by atoms with Gasteiger partial charge in [-0.15, -0.1) is 0 Å². The van der Waals surface area contributed by atoms with E-state index in [0.29, 0.717) is 18.8 Å². The first-order chi connectivity index (χ1) is 19.8. The van der Waals surface area contributed by atoms with Gasteiger partial charge in [0.1, 0.15) is 37.1 Å². The van der Waals surface area contributed by atoms with Crippen molar-refractivity contribution >= 4 is 11.9 Å². The average molecular weight is 595 g/mol. The predicted octanol–water partition coefficient (Wildman–Crippen LogP) is 0.970. The predicted molar refractivity (Wildman–Crippen MR) is 145 cm³/mol. The Hall–Kier alpha value is -1.60. The molecule has 11 heteroatoms. The van der Waals surface area contributed by atoms with Crippen molar-refractivity contribution in [1.82, 2.24) is 0 Å². The van der Waals surface area contributed by atoms with Crippen molar-refractivity contribution in [3.05, 3.63) is 11.6 Å². The molecule has 5 fully saturated rings. The number of aliphatic hydroxyl groups excluding tert-OH is 4. The first-order valence-corrected chi connectivity index (χ1v) is 15.5. The van der Waals surface area contributed by atoms with E-state index in [4.69, 9.17) is 18.9 Å². The normalized spacial score (nSPS) is 52.0. The molecule has 236 valence electrons. The molecule has 0 aromatic rings. The highest BCUT2D eigenvalue weighted by Crippen LogP contribution is 2.70. The Morgan fingerprint density at radius 1 is 1.05 bits per heavy atom. The molecule has 0 aromatic carbocycles. The molecule has 0 aromatic heterocycles. The summed E-state index contributed by atoms with van der Waals surface area (Å²) in [5.41, 5.74) is -0.879. The second kappa shape index (κ2) is 10.8. The molecule has 0 amide bonds. The van der Waals surface area contributed by atoms with Gasteiger partial charge in [-0.1, -0.05) is 13.8 Å². The number of esters is 2. The Kier molecular flexibility index (Phi) is 7.81. The van der Waals surface area contributed by atoms with Crippen molar-refractivity contribution in [2.45, 2.75) is 121 Å². The van der Waals surface area contributed by atoms with Gasteiger partial charge in [0.05, 0.1) is 18.3 Å². The molecule has 1 saturated heterocycles. The van der Waals surface area contributed by atoms with E-state index in [1.54, 1.807) is 0 Å². The lowest BCUT2D eigenvalue weighted by Crippen LogP contribution is -2.63. The first-order valence-electron chi connectivity index (χ1n) is 15.5. The summed E-state index contributed by atoms with van der Waals surface area (Å²) in [7, 11) is 0. The van der Waals surface area contributed by atoms with Crippen LogP contribution < -0.4 is 0 Å². The second-order valence-electron chi connectivity index (χ2n) is 14.3. The number of hydrogen-bond donors (Lipinski definition) is 5. The van der Waals surface area contributed by atoms with E-state index >= 15 is 0 Å². The molecular weight excluding hydrogens is 548 g/mol. The van der Waals surface area contributed by atoms with Crippen LogP contribution in [0.25, 0.3) is 0 Å². The van der Waals surface area contributed by atoms with E-state index < -0.39 is 66.4 Å². The molecule has 4 saturated carbocycles. The van der Waals surface area contributed by atoms with Crippen LogP contribution in [0.4, 0.5) is 0 Å². The van der Waals surface area contributed by atoms with Crippen LogP contribution in [0.1, 0.15) is 72.1 Å². The third-order valence-corrected chi connectivity index (χ3v) is 12.4. The summed E-state index contributed by atoms with van der Waals surface area (Å²) in [6, 6.07) is 0. The minimum atomic E-state index is -1.47. The van der Waals surface area contributed by atoms with Gasteiger partial charge in [-0.2, -0.15) is 0 Å². The van der Waals surface area contributed by atoms with E-state index in [1.165, 1.54) is 13.0 Å². The van der Waals surface area contributed by atoms with Crippen molar-refractivity contribution in [1.29, 1.82) is 0 Å². The number of ether oxygens (including phenoxy) is 4. The lowest BCUT2D eigenvalue weighted by atomic mass is 9.43. The Morgan fingerprint density at radius 2 is 1.81 bits per heavy atom. The maximum atomic E-state index is 12.7. The first kappa shape index (κ1) is 30.4. The summed E-state index contributed by atoms with van der Waals surface area (Å²) < 4.78 is 22.8. The number of rotatable bonds is 5. The standard InChI is InChI=1S/C31H46O11/c1-15(33)40-21-12-31(38)20-5-4-17-11-18(41-28-27(37)26(36)25(35)22(13-32)42-28)6-8-29(17,2)19(20)7-9-30(31,3)24(21)16-10-23(34)39-14-16/h10,17-22,24-28,32,35-38H,4-9,11-14H2,1-3H3/t17?,18?,19-,20+,21?,22+,24-,25+,26-,27+,28+,29-,30+,31-/m0/s1. The van der Waals surface area contributed by atoms with Crippen molar-refractivity contribution in [2.24, 2.45) is 34.5 Å².